The Balaban J connectivity index is 1.29. The van der Waals surface area contributed by atoms with E-state index in [0.717, 1.165) is 12.8 Å². The van der Waals surface area contributed by atoms with Gasteiger partial charge in [-0.05, 0) is 146 Å². The third-order valence-corrected chi connectivity index (χ3v) is 14.7. The predicted molar refractivity (Wildman–Crippen MR) is 259 cm³/mol. The first-order valence-electron chi connectivity index (χ1n) is 21.9. The second kappa shape index (κ2) is 13.5. The smallest absolute Gasteiger partial charge is 0.264 e. The van der Waals surface area contributed by atoms with Crippen LogP contribution in [0.4, 0.5) is 34.1 Å². The summed E-state index contributed by atoms with van der Waals surface area (Å²) >= 11 is 2.00. The van der Waals surface area contributed by atoms with Gasteiger partial charge in [-0.25, -0.2) is 0 Å². The molecule has 10 rings (SSSR count). The molecule has 4 heteroatoms. The largest absolute Gasteiger partial charge is 0.311 e. The molecule has 0 N–H and O–H groups in total. The molecule has 1 aromatic heterocycles. The van der Waals surface area contributed by atoms with E-state index in [1.54, 1.807) is 0 Å². The highest BCUT2D eigenvalue weighted by atomic mass is 32.1. The normalized spacial score (nSPS) is 14.7. The van der Waals surface area contributed by atoms with E-state index in [9.17, 15) is 0 Å². The Kier molecular flexibility index (Phi) is 8.72. The maximum atomic E-state index is 2.64. The molecule has 0 saturated heterocycles. The summed E-state index contributed by atoms with van der Waals surface area (Å²) in [5.74, 6) is 0. The number of thiophene rings is 1. The van der Waals surface area contributed by atoms with Crippen molar-refractivity contribution in [1.82, 2.24) is 0 Å². The molecule has 1 aliphatic carbocycles. The van der Waals surface area contributed by atoms with Gasteiger partial charge in [0.15, 0.2) is 0 Å². The minimum atomic E-state index is 0.0194. The van der Waals surface area contributed by atoms with Crippen LogP contribution in [0.2, 0.25) is 0 Å². The third kappa shape index (κ3) is 6.11. The van der Waals surface area contributed by atoms with Crippen molar-refractivity contribution in [1.29, 1.82) is 0 Å². The average Bonchev–Trinajstić information content (AvgIpc) is 3.85. The zero-order chi connectivity index (χ0) is 41.2. The third-order valence-electron chi connectivity index (χ3n) is 13.5. The van der Waals surface area contributed by atoms with Crippen LogP contribution in [0.3, 0.4) is 0 Å². The number of anilines is 6. The number of hydrogen-bond donors (Lipinski definition) is 0. The molecule has 0 bridgehead atoms. The monoisotopic (exact) mass is 788 g/mol. The Hall–Kier alpha value is -5.06. The Morgan fingerprint density at radius 3 is 1.93 bits per heavy atom. The molecule has 0 amide bonds. The highest BCUT2D eigenvalue weighted by Gasteiger charge is 2.45. The highest BCUT2D eigenvalue weighted by Crippen LogP contribution is 2.51. The zero-order valence-corrected chi connectivity index (χ0v) is 37.5. The lowest BCUT2D eigenvalue weighted by atomic mass is 9.36. The summed E-state index contributed by atoms with van der Waals surface area (Å²) in [4.78, 5) is 5.25. The van der Waals surface area contributed by atoms with Crippen molar-refractivity contribution in [2.45, 2.75) is 111 Å². The minimum absolute atomic E-state index is 0.0194. The molecule has 296 valence electrons. The van der Waals surface area contributed by atoms with E-state index in [2.05, 4.69) is 194 Å². The summed E-state index contributed by atoms with van der Waals surface area (Å²) in [5, 5.41) is 1.35. The molecule has 0 fully saturated rings. The van der Waals surface area contributed by atoms with Crippen molar-refractivity contribution in [3.05, 3.63) is 149 Å². The first-order valence-corrected chi connectivity index (χ1v) is 22.7. The summed E-state index contributed by atoms with van der Waals surface area (Å²) in [6.45, 7) is 23.4. The Labute approximate surface area is 357 Å². The van der Waals surface area contributed by atoms with Crippen LogP contribution in [-0.2, 0) is 35.5 Å². The Morgan fingerprint density at radius 1 is 0.576 bits per heavy atom. The van der Waals surface area contributed by atoms with Gasteiger partial charge in [-0.1, -0.05) is 130 Å². The fraction of sp³-hybridized carbons (Fsp3) is 0.309. The van der Waals surface area contributed by atoms with Crippen molar-refractivity contribution in [2.24, 2.45) is 0 Å². The van der Waals surface area contributed by atoms with Crippen LogP contribution >= 0.6 is 11.3 Å². The van der Waals surface area contributed by atoms with Crippen molar-refractivity contribution in [3.63, 3.8) is 0 Å². The van der Waals surface area contributed by atoms with Crippen molar-refractivity contribution < 1.29 is 0 Å². The number of aryl methyl sites for hydroxylation is 2. The number of benzene rings is 6. The van der Waals surface area contributed by atoms with Crippen LogP contribution in [-0.4, -0.2) is 6.71 Å². The fourth-order valence-corrected chi connectivity index (χ4v) is 11.4. The van der Waals surface area contributed by atoms with Gasteiger partial charge in [-0.3, -0.25) is 0 Å². The van der Waals surface area contributed by atoms with E-state index in [0.29, 0.717) is 0 Å². The van der Waals surface area contributed by atoms with Gasteiger partial charge >= 0.3 is 0 Å². The number of fused-ring (bicyclic) bond motifs is 7. The zero-order valence-electron chi connectivity index (χ0n) is 36.7. The van der Waals surface area contributed by atoms with E-state index in [4.69, 9.17) is 0 Å². The fourth-order valence-electron chi connectivity index (χ4n) is 10.1. The molecule has 59 heavy (non-hydrogen) atoms. The predicted octanol–water partition coefficient (Wildman–Crippen LogP) is 13.6. The van der Waals surface area contributed by atoms with Crippen LogP contribution < -0.4 is 25.5 Å². The molecule has 6 aromatic carbocycles. The summed E-state index contributed by atoms with van der Waals surface area (Å²) in [5.41, 5.74) is 21.8. The van der Waals surface area contributed by atoms with Crippen molar-refractivity contribution in [3.8, 4) is 11.1 Å². The summed E-state index contributed by atoms with van der Waals surface area (Å²) < 4.78 is 2.78. The Morgan fingerprint density at radius 2 is 1.22 bits per heavy atom. The molecule has 3 aliphatic rings. The lowest BCUT2D eigenvalue weighted by Crippen LogP contribution is -2.60. The van der Waals surface area contributed by atoms with E-state index in [1.165, 1.54) is 117 Å². The summed E-state index contributed by atoms with van der Waals surface area (Å²) in [6.07, 6.45) is 4.52. The maximum absolute atomic E-state index is 2.64. The average molecular weight is 789 g/mol. The topological polar surface area (TPSA) is 6.48 Å². The lowest BCUT2D eigenvalue weighted by Gasteiger charge is -2.43. The summed E-state index contributed by atoms with van der Waals surface area (Å²) in [6, 6.07) is 45.5. The van der Waals surface area contributed by atoms with Crippen molar-refractivity contribution in [2.75, 3.05) is 9.80 Å². The number of nitrogens with zero attached hydrogens (tertiary/aromatic N) is 2. The van der Waals surface area contributed by atoms with Gasteiger partial charge in [0, 0.05) is 43.2 Å². The molecular weight excluding hydrogens is 731 g/mol. The van der Waals surface area contributed by atoms with Crippen LogP contribution in [0.1, 0.15) is 109 Å². The lowest BCUT2D eigenvalue weighted by molar-refractivity contribution is 0.590. The standard InChI is InChI=1S/C55H57BN2S/c1-11-34-21-28-46-44(31-34)56-50-47(57(39-26-22-36(23-27-39)53(2,3)4)51-43-33-38(55(8,9)10)25-30-49(43)59-52(51)56)19-14-20-48(50)58(46)45-29-24-37(54(5,6)7)32-42(45)41-18-13-16-35-15-12-17-40(35)41/h13-14,16,18-33H,11-12,15,17H2,1-10H3. The molecule has 7 aromatic rings. The van der Waals surface area contributed by atoms with Gasteiger partial charge in [-0.2, -0.15) is 0 Å². The number of rotatable bonds is 4. The SMILES string of the molecule is CCc1ccc2c(c1)B1c3sc4ccc(C(C)(C)C)cc4c3N(c3ccc(C(C)(C)C)cc3)c3cccc(c31)N2c1ccc(C(C)(C)C)cc1-c1cccc2c1CCC2. The van der Waals surface area contributed by atoms with Crippen LogP contribution in [0.25, 0.3) is 21.2 Å². The van der Waals surface area contributed by atoms with Gasteiger partial charge in [0.05, 0.1) is 11.4 Å². The van der Waals surface area contributed by atoms with Crippen LogP contribution in [0.15, 0.2) is 115 Å². The second-order valence-corrected chi connectivity index (χ2v) is 21.5. The molecule has 0 spiro atoms. The minimum Gasteiger partial charge on any atom is -0.311 e. The van der Waals surface area contributed by atoms with Gasteiger partial charge < -0.3 is 9.80 Å². The van der Waals surface area contributed by atoms with Gasteiger partial charge in [0.1, 0.15) is 0 Å². The molecule has 2 nitrogen and oxygen atoms in total. The summed E-state index contributed by atoms with van der Waals surface area (Å²) in [7, 11) is 0. The first-order chi connectivity index (χ1) is 28.1. The number of hydrogen-bond acceptors (Lipinski definition) is 3. The molecule has 0 saturated carbocycles. The second-order valence-electron chi connectivity index (χ2n) is 20.4. The first kappa shape index (κ1) is 38.2. The molecule has 2 aliphatic heterocycles. The van der Waals surface area contributed by atoms with Crippen LogP contribution in [0, 0.1) is 0 Å². The van der Waals surface area contributed by atoms with Gasteiger partial charge in [0.25, 0.3) is 6.71 Å². The van der Waals surface area contributed by atoms with Gasteiger partial charge in [0.2, 0.25) is 0 Å². The van der Waals surface area contributed by atoms with E-state index in [1.807, 2.05) is 11.3 Å². The highest BCUT2D eigenvalue weighted by molar-refractivity contribution is 7.33. The van der Waals surface area contributed by atoms with Crippen molar-refractivity contribution >= 4 is 78.0 Å². The molecule has 0 radical (unpaired) electrons. The quantitative estimate of drug-likeness (QED) is 0.164. The van der Waals surface area contributed by atoms with E-state index < -0.39 is 0 Å². The molecular formula is C55H57BN2S. The van der Waals surface area contributed by atoms with E-state index >= 15 is 0 Å². The molecule has 0 atom stereocenters. The maximum Gasteiger partial charge on any atom is 0.264 e. The Bertz CT molecular complexity index is 2800. The molecule has 3 heterocycles. The van der Waals surface area contributed by atoms with E-state index in [-0.39, 0.29) is 23.0 Å². The molecule has 0 unspecified atom stereocenters. The van der Waals surface area contributed by atoms with Gasteiger partial charge in [-0.15, -0.1) is 11.3 Å². The van der Waals surface area contributed by atoms with Crippen LogP contribution in [0.5, 0.6) is 0 Å².